The van der Waals surface area contributed by atoms with Crippen LogP contribution in [0.5, 0.6) is 0 Å². The molecule has 2 aromatic rings. The molecule has 0 atom stereocenters. The first kappa shape index (κ1) is 17.2. The molecule has 122 valence electrons. The van der Waals surface area contributed by atoms with Crippen LogP contribution in [0.25, 0.3) is 0 Å². The van der Waals surface area contributed by atoms with Crippen molar-refractivity contribution in [3.05, 3.63) is 65.2 Å². The van der Waals surface area contributed by atoms with Gasteiger partial charge in [-0.1, -0.05) is 38.1 Å². The van der Waals surface area contributed by atoms with Crippen molar-refractivity contribution in [3.63, 3.8) is 0 Å². The zero-order valence-electron chi connectivity index (χ0n) is 13.4. The molecule has 0 spiro atoms. The second kappa shape index (κ2) is 6.96. The Hall–Kier alpha value is -2.14. The van der Waals surface area contributed by atoms with Crippen LogP contribution in [0.3, 0.4) is 0 Å². The number of sulfone groups is 1. The van der Waals surface area contributed by atoms with Crippen LogP contribution in [-0.4, -0.2) is 21.5 Å². The van der Waals surface area contributed by atoms with Crippen molar-refractivity contribution >= 4 is 15.8 Å². The van der Waals surface area contributed by atoms with Gasteiger partial charge in [0.2, 0.25) is 0 Å². The number of esters is 1. The molecule has 0 aliphatic carbocycles. The highest BCUT2D eigenvalue weighted by Crippen LogP contribution is 2.20. The van der Waals surface area contributed by atoms with E-state index in [1.807, 2.05) is 12.1 Å². The van der Waals surface area contributed by atoms with Crippen LogP contribution >= 0.6 is 0 Å². The lowest BCUT2D eigenvalue weighted by molar-refractivity contribution is 0.0600. The summed E-state index contributed by atoms with van der Waals surface area (Å²) >= 11 is 0. The van der Waals surface area contributed by atoms with Crippen LogP contribution < -0.4 is 0 Å². The normalized spacial score (nSPS) is 11.5. The van der Waals surface area contributed by atoms with Crippen molar-refractivity contribution in [2.45, 2.75) is 30.4 Å². The van der Waals surface area contributed by atoms with Crippen molar-refractivity contribution in [1.29, 1.82) is 0 Å². The third-order valence-electron chi connectivity index (χ3n) is 3.64. The van der Waals surface area contributed by atoms with E-state index in [0.717, 1.165) is 5.56 Å². The summed E-state index contributed by atoms with van der Waals surface area (Å²) in [5, 5.41) is 0. The highest BCUT2D eigenvalue weighted by Gasteiger charge is 2.16. The number of rotatable bonds is 5. The second-order valence-corrected chi connectivity index (χ2v) is 7.66. The topological polar surface area (TPSA) is 60.4 Å². The maximum Gasteiger partial charge on any atom is 0.337 e. The monoisotopic (exact) mass is 332 g/mol. The fraction of sp³-hybridized carbons (Fsp3) is 0.278. The zero-order valence-corrected chi connectivity index (χ0v) is 14.3. The predicted molar refractivity (Wildman–Crippen MR) is 89.2 cm³/mol. The first-order chi connectivity index (χ1) is 10.8. The van der Waals surface area contributed by atoms with Crippen LogP contribution in [-0.2, 0) is 20.3 Å². The summed E-state index contributed by atoms with van der Waals surface area (Å²) in [6.45, 7) is 4.12. The highest BCUT2D eigenvalue weighted by molar-refractivity contribution is 7.90. The van der Waals surface area contributed by atoms with E-state index >= 15 is 0 Å². The summed E-state index contributed by atoms with van der Waals surface area (Å²) in [6, 6.07) is 13.4. The average molecular weight is 332 g/mol. The lowest BCUT2D eigenvalue weighted by Gasteiger charge is -2.08. The Balaban J connectivity index is 2.19. The summed E-state index contributed by atoms with van der Waals surface area (Å²) in [5.41, 5.74) is 2.13. The standard InChI is InChI=1S/C18H20O4S/c1-13(2)15-8-10-17(11-9-15)23(20,21)12-14-4-6-16(7-5-14)18(19)22-3/h4-11,13H,12H2,1-3H3. The lowest BCUT2D eigenvalue weighted by atomic mass is 10.0. The van der Waals surface area contributed by atoms with E-state index in [1.165, 1.54) is 7.11 Å². The molecular formula is C18H20O4S. The zero-order chi connectivity index (χ0) is 17.0. The molecule has 23 heavy (non-hydrogen) atoms. The molecule has 0 heterocycles. The summed E-state index contributed by atoms with van der Waals surface area (Å²) in [4.78, 5) is 11.7. The molecule has 4 nitrogen and oxygen atoms in total. The number of hydrogen-bond donors (Lipinski definition) is 0. The van der Waals surface area contributed by atoms with Gasteiger partial charge in [0.25, 0.3) is 0 Å². The Morgan fingerprint density at radius 2 is 1.57 bits per heavy atom. The molecule has 0 aliphatic rings. The van der Waals surface area contributed by atoms with E-state index in [1.54, 1.807) is 36.4 Å². The van der Waals surface area contributed by atoms with E-state index in [9.17, 15) is 13.2 Å². The summed E-state index contributed by atoms with van der Waals surface area (Å²) in [6.07, 6.45) is 0. The van der Waals surface area contributed by atoms with Crippen molar-refractivity contribution in [1.82, 2.24) is 0 Å². The van der Waals surface area contributed by atoms with Gasteiger partial charge in [0, 0.05) is 0 Å². The van der Waals surface area contributed by atoms with Gasteiger partial charge in [-0.25, -0.2) is 13.2 Å². The van der Waals surface area contributed by atoms with Gasteiger partial charge in [-0.15, -0.1) is 0 Å². The number of carbonyl (C=O) groups excluding carboxylic acids is 1. The number of methoxy groups -OCH3 is 1. The smallest absolute Gasteiger partial charge is 0.337 e. The van der Waals surface area contributed by atoms with Gasteiger partial charge in [0.1, 0.15) is 0 Å². The first-order valence-corrected chi connectivity index (χ1v) is 8.98. The SMILES string of the molecule is COC(=O)c1ccc(CS(=O)(=O)c2ccc(C(C)C)cc2)cc1. The second-order valence-electron chi connectivity index (χ2n) is 5.67. The number of benzene rings is 2. The molecule has 5 heteroatoms. The van der Waals surface area contributed by atoms with Crippen molar-refractivity contribution in [2.24, 2.45) is 0 Å². The average Bonchev–Trinajstić information content (AvgIpc) is 2.54. The van der Waals surface area contributed by atoms with Crippen LogP contribution in [0.1, 0.15) is 41.3 Å². The van der Waals surface area contributed by atoms with Crippen molar-refractivity contribution in [2.75, 3.05) is 7.11 Å². The Bertz CT molecular complexity index is 773. The Morgan fingerprint density at radius 1 is 1.00 bits per heavy atom. The molecule has 0 saturated heterocycles. The van der Waals surface area contributed by atoms with Crippen LogP contribution in [0.4, 0.5) is 0 Å². The minimum absolute atomic E-state index is 0.102. The third kappa shape index (κ3) is 4.20. The summed E-state index contributed by atoms with van der Waals surface area (Å²) < 4.78 is 29.6. The molecule has 0 amide bonds. The van der Waals surface area contributed by atoms with Gasteiger partial charge < -0.3 is 4.74 Å². The number of hydrogen-bond acceptors (Lipinski definition) is 4. The summed E-state index contributed by atoms with van der Waals surface area (Å²) in [5.74, 6) is -0.184. The molecule has 2 aromatic carbocycles. The minimum Gasteiger partial charge on any atom is -0.465 e. The maximum atomic E-state index is 12.5. The fourth-order valence-corrected chi connectivity index (χ4v) is 3.57. The van der Waals surface area contributed by atoms with Gasteiger partial charge in [0.05, 0.1) is 23.3 Å². The van der Waals surface area contributed by atoms with E-state index in [2.05, 4.69) is 18.6 Å². The minimum atomic E-state index is -3.41. The molecule has 0 radical (unpaired) electrons. The van der Waals surface area contributed by atoms with E-state index in [-0.39, 0.29) is 5.75 Å². The summed E-state index contributed by atoms with van der Waals surface area (Å²) in [7, 11) is -2.10. The fourth-order valence-electron chi connectivity index (χ4n) is 2.22. The molecule has 0 saturated carbocycles. The Kier molecular flexibility index (Phi) is 5.21. The van der Waals surface area contributed by atoms with Crippen molar-refractivity contribution in [3.8, 4) is 0 Å². The van der Waals surface area contributed by atoms with Gasteiger partial charge in [-0.05, 0) is 41.3 Å². The van der Waals surface area contributed by atoms with E-state index in [4.69, 9.17) is 0 Å². The molecule has 0 unspecified atom stereocenters. The van der Waals surface area contributed by atoms with E-state index < -0.39 is 15.8 Å². The van der Waals surface area contributed by atoms with E-state index in [0.29, 0.717) is 21.9 Å². The van der Waals surface area contributed by atoms with Gasteiger partial charge in [0.15, 0.2) is 9.84 Å². The molecule has 0 aliphatic heterocycles. The van der Waals surface area contributed by atoms with Gasteiger partial charge in [-0.2, -0.15) is 0 Å². The van der Waals surface area contributed by atoms with Crippen LogP contribution in [0, 0.1) is 0 Å². The van der Waals surface area contributed by atoms with Crippen LogP contribution in [0.15, 0.2) is 53.4 Å². The number of ether oxygens (including phenoxy) is 1. The third-order valence-corrected chi connectivity index (χ3v) is 5.34. The quantitative estimate of drug-likeness (QED) is 0.785. The largest absolute Gasteiger partial charge is 0.465 e. The van der Waals surface area contributed by atoms with Crippen LogP contribution in [0.2, 0.25) is 0 Å². The Labute approximate surface area is 137 Å². The lowest BCUT2D eigenvalue weighted by Crippen LogP contribution is -2.06. The van der Waals surface area contributed by atoms with Crippen molar-refractivity contribution < 1.29 is 17.9 Å². The molecule has 0 aromatic heterocycles. The Morgan fingerprint density at radius 3 is 2.04 bits per heavy atom. The molecule has 2 rings (SSSR count). The van der Waals surface area contributed by atoms with Gasteiger partial charge in [-0.3, -0.25) is 0 Å². The number of carbonyl (C=O) groups is 1. The first-order valence-electron chi connectivity index (χ1n) is 7.33. The maximum absolute atomic E-state index is 12.5. The molecule has 0 bridgehead atoms. The molecular weight excluding hydrogens is 312 g/mol. The predicted octanol–water partition coefficient (Wildman–Crippen LogP) is 3.57. The molecule has 0 fully saturated rings. The highest BCUT2D eigenvalue weighted by atomic mass is 32.2. The molecule has 0 N–H and O–H groups in total. The van der Waals surface area contributed by atoms with Gasteiger partial charge >= 0.3 is 5.97 Å².